The Balaban J connectivity index is 1.39. The topological polar surface area (TPSA) is 36.7 Å². The minimum Gasteiger partial charge on any atom is -0.298 e. The zero-order valence-electron chi connectivity index (χ0n) is 22.9. The molecule has 1 aromatic heterocycles. The standard InChI is InChI=1S/C37H29ClN2P2/c38-28-24-25-34(36(26-28)42(32-19-9-3-10-20-32)33-21-11-4-12-22-33)37(39)35-23-13-14-29(40-35)27-41(30-15-5-1-6-16-30)31-17-7-2-8-18-31/h1-26,39H,27H2. The molecule has 0 unspecified atom stereocenters. The van der Waals surface area contributed by atoms with Gasteiger partial charge in [0.15, 0.2) is 0 Å². The van der Waals surface area contributed by atoms with E-state index < -0.39 is 15.8 Å². The number of nitrogens with one attached hydrogen (secondary N) is 1. The summed E-state index contributed by atoms with van der Waals surface area (Å²) in [5, 5.41) is 16.2. The zero-order valence-corrected chi connectivity index (χ0v) is 25.5. The van der Waals surface area contributed by atoms with Crippen LogP contribution in [0.15, 0.2) is 158 Å². The number of halogens is 1. The molecule has 204 valence electrons. The maximum Gasteiger partial charge on any atom is 0.0888 e. The van der Waals surface area contributed by atoms with Gasteiger partial charge in [-0.3, -0.25) is 10.4 Å². The van der Waals surface area contributed by atoms with Crippen LogP contribution in [0.1, 0.15) is 17.0 Å². The van der Waals surface area contributed by atoms with E-state index in [0.29, 0.717) is 16.4 Å². The molecule has 5 heteroatoms. The molecule has 2 nitrogen and oxygen atoms in total. The molecule has 0 radical (unpaired) electrons. The van der Waals surface area contributed by atoms with Crippen molar-refractivity contribution in [2.24, 2.45) is 0 Å². The van der Waals surface area contributed by atoms with Gasteiger partial charge in [-0.2, -0.15) is 0 Å². The summed E-state index contributed by atoms with van der Waals surface area (Å²) in [6.45, 7) is 0. The molecule has 42 heavy (non-hydrogen) atoms. The first-order chi connectivity index (χ1) is 20.7. The maximum atomic E-state index is 9.42. The normalized spacial score (nSPS) is 11.1. The second kappa shape index (κ2) is 13.4. The van der Waals surface area contributed by atoms with Crippen LogP contribution in [-0.4, -0.2) is 10.7 Å². The first-order valence-corrected chi connectivity index (χ1v) is 17.0. The molecule has 0 saturated carbocycles. The van der Waals surface area contributed by atoms with E-state index in [1.807, 2.05) is 42.5 Å². The second-order valence-electron chi connectivity index (χ2n) is 9.81. The average molecular weight is 599 g/mol. The Bertz CT molecular complexity index is 1700. The Kier molecular flexibility index (Phi) is 8.97. The molecule has 0 aliphatic rings. The molecule has 1 N–H and O–H groups in total. The number of hydrogen-bond donors (Lipinski definition) is 1. The van der Waals surface area contributed by atoms with Crippen molar-refractivity contribution in [3.05, 3.63) is 180 Å². The van der Waals surface area contributed by atoms with Gasteiger partial charge in [-0.15, -0.1) is 0 Å². The number of pyridine rings is 1. The second-order valence-corrected chi connectivity index (χ2v) is 14.6. The molecule has 0 atom stereocenters. The summed E-state index contributed by atoms with van der Waals surface area (Å²) in [4.78, 5) is 5.07. The number of aromatic nitrogens is 1. The Hall–Kier alpha value is -3.93. The molecule has 0 amide bonds. The number of hydrogen-bond acceptors (Lipinski definition) is 2. The van der Waals surface area contributed by atoms with Gasteiger partial charge in [0.05, 0.1) is 11.4 Å². The van der Waals surface area contributed by atoms with E-state index in [4.69, 9.17) is 16.6 Å². The summed E-state index contributed by atoms with van der Waals surface area (Å²) in [6, 6.07) is 54.4. The molecular weight excluding hydrogens is 570 g/mol. The Morgan fingerprint density at radius 1 is 0.571 bits per heavy atom. The fourth-order valence-corrected chi connectivity index (χ4v) is 10.0. The van der Waals surface area contributed by atoms with Crippen molar-refractivity contribution in [2.75, 3.05) is 0 Å². The molecule has 0 saturated heterocycles. The van der Waals surface area contributed by atoms with Gasteiger partial charge in [0.25, 0.3) is 0 Å². The SMILES string of the molecule is N=C(c1cccc(CP(c2ccccc2)c2ccccc2)n1)c1ccc(Cl)cc1P(c1ccccc1)c1ccccc1. The average Bonchev–Trinajstić information content (AvgIpc) is 3.05. The van der Waals surface area contributed by atoms with Gasteiger partial charge in [0, 0.05) is 22.4 Å². The quantitative estimate of drug-likeness (QED) is 0.135. The highest BCUT2D eigenvalue weighted by Crippen LogP contribution is 2.38. The fourth-order valence-electron chi connectivity index (χ4n) is 5.04. The van der Waals surface area contributed by atoms with Crippen LogP contribution in [0.3, 0.4) is 0 Å². The van der Waals surface area contributed by atoms with Crippen molar-refractivity contribution in [1.82, 2.24) is 4.98 Å². The molecule has 0 aliphatic carbocycles. The first kappa shape index (κ1) is 28.2. The van der Waals surface area contributed by atoms with Crippen LogP contribution in [0.2, 0.25) is 5.02 Å². The van der Waals surface area contributed by atoms with Crippen molar-refractivity contribution < 1.29 is 0 Å². The molecule has 0 aliphatic heterocycles. The van der Waals surface area contributed by atoms with Crippen molar-refractivity contribution >= 4 is 59.7 Å². The lowest BCUT2D eigenvalue weighted by Gasteiger charge is -2.23. The van der Waals surface area contributed by atoms with Gasteiger partial charge in [-0.25, -0.2) is 0 Å². The zero-order chi connectivity index (χ0) is 28.7. The molecule has 0 fully saturated rings. The van der Waals surface area contributed by atoms with Crippen molar-refractivity contribution in [2.45, 2.75) is 6.16 Å². The molecule has 1 heterocycles. The summed E-state index contributed by atoms with van der Waals surface area (Å²) in [5.41, 5.74) is 2.92. The van der Waals surface area contributed by atoms with Gasteiger partial charge < -0.3 is 0 Å². The van der Waals surface area contributed by atoms with E-state index in [-0.39, 0.29) is 0 Å². The van der Waals surface area contributed by atoms with E-state index in [2.05, 4.69) is 115 Å². The summed E-state index contributed by atoms with van der Waals surface area (Å²) in [6.07, 6.45) is 0.804. The smallest absolute Gasteiger partial charge is 0.0888 e. The third kappa shape index (κ3) is 6.43. The highest BCUT2D eigenvalue weighted by atomic mass is 35.5. The number of nitrogens with zero attached hydrogens (tertiary/aromatic N) is 1. The van der Waals surface area contributed by atoms with E-state index >= 15 is 0 Å². The maximum absolute atomic E-state index is 9.42. The van der Waals surface area contributed by atoms with Crippen LogP contribution in [0.5, 0.6) is 0 Å². The van der Waals surface area contributed by atoms with E-state index in [1.165, 1.54) is 21.2 Å². The van der Waals surface area contributed by atoms with Crippen LogP contribution >= 0.6 is 27.4 Å². The van der Waals surface area contributed by atoms with E-state index in [1.54, 1.807) is 0 Å². The van der Waals surface area contributed by atoms with Crippen LogP contribution in [-0.2, 0) is 6.16 Å². The summed E-state index contributed by atoms with van der Waals surface area (Å²) >= 11 is 6.61. The van der Waals surface area contributed by atoms with Gasteiger partial charge in [-0.05, 0) is 66.6 Å². The van der Waals surface area contributed by atoms with E-state index in [0.717, 1.165) is 22.7 Å². The van der Waals surface area contributed by atoms with E-state index in [9.17, 15) is 5.41 Å². The highest BCUT2D eigenvalue weighted by Gasteiger charge is 2.23. The van der Waals surface area contributed by atoms with Crippen molar-refractivity contribution in [3.63, 3.8) is 0 Å². The minimum absolute atomic E-state index is 0.409. The number of rotatable bonds is 9. The predicted octanol–water partition coefficient (Wildman–Crippen LogP) is 7.54. The molecular formula is C37H29ClN2P2. The fraction of sp³-hybridized carbons (Fsp3) is 0.0270. The third-order valence-electron chi connectivity index (χ3n) is 7.02. The highest BCUT2D eigenvalue weighted by molar-refractivity contribution is 7.80. The Morgan fingerprint density at radius 3 is 1.60 bits per heavy atom. The molecule has 6 rings (SSSR count). The summed E-state index contributed by atoms with van der Waals surface area (Å²) in [7, 11) is -1.58. The monoisotopic (exact) mass is 598 g/mol. The molecule has 0 bridgehead atoms. The molecule has 5 aromatic carbocycles. The Labute approximate surface area is 255 Å². The number of benzene rings is 5. The lowest BCUT2D eigenvalue weighted by Crippen LogP contribution is -2.26. The van der Waals surface area contributed by atoms with Crippen molar-refractivity contribution in [3.8, 4) is 0 Å². The predicted molar refractivity (Wildman–Crippen MR) is 183 cm³/mol. The largest absolute Gasteiger partial charge is 0.298 e. The minimum atomic E-state index is -0.938. The van der Waals surface area contributed by atoms with Crippen molar-refractivity contribution in [1.29, 1.82) is 5.41 Å². The van der Waals surface area contributed by atoms with Crippen LogP contribution in [0.25, 0.3) is 0 Å². The Morgan fingerprint density at radius 2 is 1.07 bits per heavy atom. The van der Waals surface area contributed by atoms with Gasteiger partial charge in [-0.1, -0.05) is 145 Å². The van der Waals surface area contributed by atoms with Crippen LogP contribution in [0.4, 0.5) is 0 Å². The van der Waals surface area contributed by atoms with Gasteiger partial charge in [0.2, 0.25) is 0 Å². The van der Waals surface area contributed by atoms with Gasteiger partial charge in [0.1, 0.15) is 0 Å². The molecule has 0 spiro atoms. The lowest BCUT2D eigenvalue weighted by molar-refractivity contribution is 1.15. The first-order valence-electron chi connectivity index (χ1n) is 13.8. The summed E-state index contributed by atoms with van der Waals surface area (Å²) < 4.78 is 0. The van der Waals surface area contributed by atoms with Gasteiger partial charge >= 0.3 is 0 Å². The van der Waals surface area contributed by atoms with Crippen LogP contribution in [0, 0.1) is 5.41 Å². The summed E-state index contributed by atoms with van der Waals surface area (Å²) in [5.74, 6) is 0. The lowest BCUT2D eigenvalue weighted by atomic mass is 10.1. The molecule has 6 aromatic rings. The third-order valence-corrected chi connectivity index (χ3v) is 12.2. The van der Waals surface area contributed by atoms with Crippen LogP contribution < -0.4 is 26.5 Å².